The average molecular weight is 313 g/mol. The molecule has 0 fully saturated rings. The van der Waals surface area contributed by atoms with E-state index in [1.807, 2.05) is 0 Å². The number of benzene rings is 2. The van der Waals surface area contributed by atoms with Crippen molar-refractivity contribution in [2.75, 3.05) is 0 Å². The second-order valence-corrected chi connectivity index (χ2v) is 10.2. The van der Waals surface area contributed by atoms with Gasteiger partial charge in [-0.3, -0.25) is 0 Å². The fourth-order valence-electron chi connectivity index (χ4n) is 2.61. The van der Waals surface area contributed by atoms with Gasteiger partial charge in [0.15, 0.2) is 0 Å². The molecule has 0 amide bonds. The lowest BCUT2D eigenvalue weighted by atomic mass is 9.78. The van der Waals surface area contributed by atoms with Crippen molar-refractivity contribution in [1.82, 2.24) is 0 Å². The molecule has 0 heteroatoms. The molecule has 0 bridgehead atoms. The first-order valence-corrected chi connectivity index (χ1v) is 8.74. The maximum Gasteiger partial charge on any atom is -0.0126 e. The molecule has 23 heavy (non-hydrogen) atoms. The molecule has 0 aliphatic heterocycles. The predicted molar refractivity (Wildman–Crippen MR) is 106 cm³/mol. The fourth-order valence-corrected chi connectivity index (χ4v) is 2.61. The molecule has 0 saturated carbocycles. The van der Waals surface area contributed by atoms with Crippen LogP contribution in [0.1, 0.15) is 80.4 Å². The van der Waals surface area contributed by atoms with E-state index in [9.17, 15) is 0 Å². The van der Waals surface area contributed by atoms with E-state index in [2.05, 4.69) is 106 Å². The second-order valence-electron chi connectivity index (χ2n) is 10.2. The third kappa shape index (κ3) is 6.01. The molecule has 0 aromatic heterocycles. The minimum atomic E-state index is 0.190. The molecule has 2 aromatic carbocycles. The quantitative estimate of drug-likeness (QED) is 0.472. The third-order valence-electron chi connectivity index (χ3n) is 3.54. The van der Waals surface area contributed by atoms with Crippen molar-refractivity contribution >= 4 is 10.8 Å². The first kappa shape index (κ1) is 19.7. The Morgan fingerprint density at radius 2 is 0.739 bits per heavy atom. The largest absolute Gasteiger partial charge is 0.0616 e. The Morgan fingerprint density at radius 3 is 0.957 bits per heavy atom. The summed E-state index contributed by atoms with van der Waals surface area (Å²) in [5, 5.41) is 2.80. The molecule has 0 spiro atoms. The first-order chi connectivity index (χ1) is 10.2. The lowest BCUT2D eigenvalue weighted by Crippen LogP contribution is -2.15. The van der Waals surface area contributed by atoms with Crippen LogP contribution in [0.15, 0.2) is 36.4 Å². The fraction of sp³-hybridized carbons (Fsp3) is 0.565. The van der Waals surface area contributed by atoms with Crippen molar-refractivity contribution in [1.29, 1.82) is 0 Å². The maximum atomic E-state index is 2.31. The molecular weight excluding hydrogens is 276 g/mol. The Bertz CT molecular complexity index is 582. The van der Waals surface area contributed by atoms with Crippen LogP contribution in [-0.4, -0.2) is 0 Å². The molecule has 128 valence electrons. The van der Waals surface area contributed by atoms with Gasteiger partial charge in [0.2, 0.25) is 0 Å². The van der Waals surface area contributed by atoms with Gasteiger partial charge in [0.1, 0.15) is 0 Å². The van der Waals surface area contributed by atoms with Crippen LogP contribution < -0.4 is 0 Å². The van der Waals surface area contributed by atoms with Gasteiger partial charge in [0.05, 0.1) is 0 Å². The molecule has 0 saturated heterocycles. The van der Waals surface area contributed by atoms with E-state index in [-0.39, 0.29) is 10.8 Å². The molecular formula is C23H36. The van der Waals surface area contributed by atoms with Crippen LogP contribution >= 0.6 is 0 Å². The zero-order valence-corrected chi connectivity index (χ0v) is 17.0. The SMILES string of the molecule is CC(C)(C)C.CC(C)(C)c1ccc(C(C)(C)C)c2ccccc12. The van der Waals surface area contributed by atoms with Crippen molar-refractivity contribution in [2.24, 2.45) is 5.41 Å². The van der Waals surface area contributed by atoms with Crippen LogP contribution in [-0.2, 0) is 10.8 Å². The Labute approximate surface area is 144 Å². The minimum absolute atomic E-state index is 0.190. The van der Waals surface area contributed by atoms with Crippen LogP contribution in [0.3, 0.4) is 0 Å². The normalized spacial score (nSPS) is 12.8. The molecule has 2 rings (SSSR count). The zero-order chi connectivity index (χ0) is 18.1. The first-order valence-electron chi connectivity index (χ1n) is 8.74. The smallest absolute Gasteiger partial charge is 0.0126 e. The highest BCUT2D eigenvalue weighted by molar-refractivity contribution is 5.90. The van der Waals surface area contributed by atoms with Crippen LogP contribution in [0.2, 0.25) is 0 Å². The highest BCUT2D eigenvalue weighted by atomic mass is 14.3. The number of rotatable bonds is 0. The summed E-state index contributed by atoms with van der Waals surface area (Å²) in [5.74, 6) is 0. The van der Waals surface area contributed by atoms with Crippen molar-refractivity contribution in [3.63, 3.8) is 0 Å². The van der Waals surface area contributed by atoms with Gasteiger partial charge in [-0.25, -0.2) is 0 Å². The Kier molecular flexibility index (Phi) is 5.73. The number of hydrogen-bond acceptors (Lipinski definition) is 0. The minimum Gasteiger partial charge on any atom is -0.0616 e. The van der Waals surface area contributed by atoms with E-state index in [1.165, 1.54) is 21.9 Å². The summed E-state index contributed by atoms with van der Waals surface area (Å²) in [6.45, 7) is 22.4. The molecule has 0 N–H and O–H groups in total. The van der Waals surface area contributed by atoms with E-state index >= 15 is 0 Å². The van der Waals surface area contributed by atoms with E-state index in [0.29, 0.717) is 5.41 Å². The summed E-state index contributed by atoms with van der Waals surface area (Å²) in [5.41, 5.74) is 3.75. The second kappa shape index (κ2) is 6.67. The van der Waals surface area contributed by atoms with Gasteiger partial charge in [0, 0.05) is 0 Å². The van der Waals surface area contributed by atoms with Gasteiger partial charge in [0.25, 0.3) is 0 Å². The van der Waals surface area contributed by atoms with Crippen LogP contribution in [0.4, 0.5) is 0 Å². The third-order valence-corrected chi connectivity index (χ3v) is 3.54. The Balaban J connectivity index is 0.000000463. The van der Waals surface area contributed by atoms with Crippen molar-refractivity contribution in [3.8, 4) is 0 Å². The number of fused-ring (bicyclic) bond motifs is 1. The highest BCUT2D eigenvalue weighted by Crippen LogP contribution is 2.36. The molecule has 0 atom stereocenters. The van der Waals surface area contributed by atoms with E-state index in [1.54, 1.807) is 0 Å². The van der Waals surface area contributed by atoms with E-state index in [4.69, 9.17) is 0 Å². The molecule has 2 aromatic rings. The average Bonchev–Trinajstić information content (AvgIpc) is 2.33. The summed E-state index contributed by atoms with van der Waals surface area (Å²) in [6, 6.07) is 13.4. The molecule has 0 nitrogen and oxygen atoms in total. The predicted octanol–water partition coefficient (Wildman–Crippen LogP) is 7.49. The molecule has 0 unspecified atom stereocenters. The number of hydrogen-bond donors (Lipinski definition) is 0. The summed E-state index contributed by atoms with van der Waals surface area (Å²) in [4.78, 5) is 0. The van der Waals surface area contributed by atoms with Gasteiger partial charge in [-0.1, -0.05) is 106 Å². The summed E-state index contributed by atoms with van der Waals surface area (Å²) in [6.07, 6.45) is 0. The van der Waals surface area contributed by atoms with Gasteiger partial charge in [-0.2, -0.15) is 0 Å². The van der Waals surface area contributed by atoms with Crippen LogP contribution in [0.5, 0.6) is 0 Å². The Morgan fingerprint density at radius 1 is 0.478 bits per heavy atom. The maximum absolute atomic E-state index is 2.31. The standard InChI is InChI=1S/C18H24.C5H12/c1-17(2,3)15-11-12-16(18(4,5)6)14-10-8-7-9-13(14)15;1-5(2,3)4/h7-12H,1-6H3;1-4H3. The van der Waals surface area contributed by atoms with Gasteiger partial charge < -0.3 is 0 Å². The molecule has 0 radical (unpaired) electrons. The van der Waals surface area contributed by atoms with Crippen LogP contribution in [0, 0.1) is 5.41 Å². The highest BCUT2D eigenvalue weighted by Gasteiger charge is 2.21. The molecule has 0 heterocycles. The lowest BCUT2D eigenvalue weighted by molar-refractivity contribution is 0.469. The summed E-state index contributed by atoms with van der Waals surface area (Å²) >= 11 is 0. The summed E-state index contributed by atoms with van der Waals surface area (Å²) < 4.78 is 0. The van der Waals surface area contributed by atoms with Crippen LogP contribution in [0.25, 0.3) is 10.8 Å². The van der Waals surface area contributed by atoms with Gasteiger partial charge in [-0.15, -0.1) is 0 Å². The lowest BCUT2D eigenvalue weighted by Gasteiger charge is -2.26. The van der Waals surface area contributed by atoms with Gasteiger partial charge in [-0.05, 0) is 38.1 Å². The van der Waals surface area contributed by atoms with E-state index < -0.39 is 0 Å². The summed E-state index contributed by atoms with van der Waals surface area (Å²) in [7, 11) is 0. The molecule has 0 aliphatic carbocycles. The molecule has 0 aliphatic rings. The van der Waals surface area contributed by atoms with Crippen molar-refractivity contribution in [2.45, 2.75) is 80.1 Å². The zero-order valence-electron chi connectivity index (χ0n) is 17.0. The van der Waals surface area contributed by atoms with E-state index in [0.717, 1.165) is 0 Å². The topological polar surface area (TPSA) is 0 Å². The van der Waals surface area contributed by atoms with Gasteiger partial charge >= 0.3 is 0 Å². The Hall–Kier alpha value is -1.30. The van der Waals surface area contributed by atoms with Crippen molar-refractivity contribution in [3.05, 3.63) is 47.5 Å². The monoisotopic (exact) mass is 312 g/mol. The van der Waals surface area contributed by atoms with Crippen molar-refractivity contribution < 1.29 is 0 Å².